The molecule has 3 fully saturated rings. The molecule has 2 atom stereocenters. The monoisotopic (exact) mass is 520 g/mol. The average molecular weight is 521 g/mol. The summed E-state index contributed by atoms with van der Waals surface area (Å²) in [7, 11) is 0. The lowest BCUT2D eigenvalue weighted by Gasteiger charge is -2.29. The van der Waals surface area contributed by atoms with Gasteiger partial charge >= 0.3 is 6.18 Å². The summed E-state index contributed by atoms with van der Waals surface area (Å²) < 4.78 is 51.8. The van der Waals surface area contributed by atoms with Crippen LogP contribution in [-0.2, 0) is 20.4 Å². The van der Waals surface area contributed by atoms with E-state index in [1.807, 2.05) is 19.1 Å². The maximum Gasteiger partial charge on any atom is 0.421 e. The summed E-state index contributed by atoms with van der Waals surface area (Å²) in [5, 5.41) is 5.85. The predicted octanol–water partition coefficient (Wildman–Crippen LogP) is 3.58. The topological polar surface area (TPSA) is 91.9 Å². The fourth-order valence-electron chi connectivity index (χ4n) is 5.02. The van der Waals surface area contributed by atoms with Crippen LogP contribution in [0.1, 0.15) is 30.4 Å². The van der Waals surface area contributed by atoms with E-state index in [4.69, 9.17) is 9.47 Å². The molecule has 200 valence electrons. The van der Waals surface area contributed by atoms with Crippen molar-refractivity contribution in [3.63, 3.8) is 0 Å². The third-order valence-electron chi connectivity index (χ3n) is 7.00. The number of hydrogen-bond donors (Lipinski definition) is 2. The molecule has 1 aromatic heterocycles. The van der Waals surface area contributed by atoms with Crippen molar-refractivity contribution in [3.05, 3.63) is 35.5 Å². The number of nitrogens with zero attached hydrogens (tertiary/aromatic N) is 4. The highest BCUT2D eigenvalue weighted by molar-refractivity contribution is 5.76. The maximum absolute atomic E-state index is 13.6. The van der Waals surface area contributed by atoms with E-state index < -0.39 is 11.7 Å². The SMILES string of the molecule is Cc1cc(N2C[C@H]3C[C@@H]2CO3)ccc1Nc1ncc(C(F)(F)F)c(NCCCN2CCOCCC2=O)n1. The highest BCUT2D eigenvalue weighted by atomic mass is 19.4. The number of nitrogens with one attached hydrogen (secondary N) is 2. The number of carbonyl (C=O) groups excluding carboxylic acids is 1. The molecule has 0 radical (unpaired) electrons. The Morgan fingerprint density at radius 2 is 2.11 bits per heavy atom. The summed E-state index contributed by atoms with van der Waals surface area (Å²) in [4.78, 5) is 24.2. The first kappa shape index (κ1) is 25.5. The van der Waals surface area contributed by atoms with Gasteiger partial charge in [0.1, 0.15) is 11.4 Å². The number of benzene rings is 1. The molecule has 0 aliphatic carbocycles. The zero-order valence-electron chi connectivity index (χ0n) is 20.7. The Bertz CT molecular complexity index is 1130. The quantitative estimate of drug-likeness (QED) is 0.511. The summed E-state index contributed by atoms with van der Waals surface area (Å²) >= 11 is 0. The second-order valence-electron chi connectivity index (χ2n) is 9.60. The van der Waals surface area contributed by atoms with Gasteiger partial charge in [-0.15, -0.1) is 0 Å². The van der Waals surface area contributed by atoms with Crippen molar-refractivity contribution in [1.29, 1.82) is 0 Å². The molecular formula is C25H31F3N6O3. The largest absolute Gasteiger partial charge is 0.421 e. The van der Waals surface area contributed by atoms with Crippen LogP contribution < -0.4 is 15.5 Å². The summed E-state index contributed by atoms with van der Waals surface area (Å²) in [6.07, 6.45) is -1.70. The Kier molecular flexibility index (Phi) is 7.38. The van der Waals surface area contributed by atoms with Crippen molar-refractivity contribution in [2.45, 2.75) is 44.5 Å². The molecule has 9 nitrogen and oxygen atoms in total. The van der Waals surface area contributed by atoms with Crippen LogP contribution in [0.3, 0.4) is 0 Å². The van der Waals surface area contributed by atoms with E-state index in [9.17, 15) is 18.0 Å². The highest BCUT2D eigenvalue weighted by Gasteiger charge is 2.39. The molecule has 5 rings (SSSR count). The minimum Gasteiger partial charge on any atom is -0.379 e. The second kappa shape index (κ2) is 10.7. The van der Waals surface area contributed by atoms with Gasteiger partial charge in [-0.1, -0.05) is 0 Å². The summed E-state index contributed by atoms with van der Waals surface area (Å²) in [5.41, 5.74) is 1.82. The molecule has 2 aromatic rings. The molecule has 0 saturated carbocycles. The van der Waals surface area contributed by atoms with E-state index in [1.165, 1.54) is 0 Å². The molecule has 37 heavy (non-hydrogen) atoms. The van der Waals surface area contributed by atoms with Crippen LogP contribution in [0.5, 0.6) is 0 Å². The van der Waals surface area contributed by atoms with Crippen LogP contribution in [0.15, 0.2) is 24.4 Å². The van der Waals surface area contributed by atoms with E-state index in [-0.39, 0.29) is 30.3 Å². The van der Waals surface area contributed by atoms with Crippen LogP contribution in [0.25, 0.3) is 0 Å². The zero-order valence-corrected chi connectivity index (χ0v) is 20.7. The van der Waals surface area contributed by atoms with E-state index in [0.717, 1.165) is 42.7 Å². The van der Waals surface area contributed by atoms with Crippen molar-refractivity contribution < 1.29 is 27.4 Å². The molecule has 1 amide bonds. The lowest BCUT2D eigenvalue weighted by atomic mass is 10.1. The number of aromatic nitrogens is 2. The first-order chi connectivity index (χ1) is 17.8. The smallest absolute Gasteiger partial charge is 0.379 e. The van der Waals surface area contributed by atoms with Gasteiger partial charge in [0.05, 0.1) is 38.4 Å². The maximum atomic E-state index is 13.6. The number of rotatable bonds is 8. The van der Waals surface area contributed by atoms with Gasteiger partial charge in [0.15, 0.2) is 0 Å². The summed E-state index contributed by atoms with van der Waals surface area (Å²) in [6.45, 7) is 5.55. The summed E-state index contributed by atoms with van der Waals surface area (Å²) in [5.74, 6) is -0.230. The standard InChI is InChI=1S/C25H31F3N6O3/c1-16-11-17(34-14-19-12-18(34)15-37-19)3-4-21(16)31-24-30-13-20(25(26,27)28)23(32-24)29-6-2-7-33-8-10-36-9-5-22(33)35/h3-4,11,13,18-19H,2,5-10,12,14-15H2,1H3,(H2,29,30,31,32)/t18-,19-/m1/s1. The Morgan fingerprint density at radius 3 is 2.84 bits per heavy atom. The van der Waals surface area contributed by atoms with Crippen molar-refractivity contribution >= 4 is 29.0 Å². The van der Waals surface area contributed by atoms with Gasteiger partial charge < -0.3 is 29.9 Å². The summed E-state index contributed by atoms with van der Waals surface area (Å²) in [6, 6.07) is 6.34. The molecule has 3 saturated heterocycles. The van der Waals surface area contributed by atoms with Crippen molar-refractivity contribution in [1.82, 2.24) is 14.9 Å². The average Bonchev–Trinajstić information content (AvgIpc) is 3.44. The van der Waals surface area contributed by atoms with Crippen molar-refractivity contribution in [3.8, 4) is 0 Å². The van der Waals surface area contributed by atoms with Gasteiger partial charge in [-0.05, 0) is 43.5 Å². The van der Waals surface area contributed by atoms with E-state index in [0.29, 0.717) is 45.2 Å². The normalized spacial score (nSPS) is 21.9. The van der Waals surface area contributed by atoms with Crippen molar-refractivity contribution in [2.75, 3.05) is 61.5 Å². The fourth-order valence-corrected chi connectivity index (χ4v) is 5.02. The molecule has 3 aliphatic heterocycles. The molecular weight excluding hydrogens is 489 g/mol. The van der Waals surface area contributed by atoms with Crippen LogP contribution in [0.2, 0.25) is 0 Å². The van der Waals surface area contributed by atoms with Gasteiger partial charge in [-0.3, -0.25) is 4.79 Å². The number of alkyl halides is 3. The molecule has 0 unspecified atom stereocenters. The molecule has 3 aliphatic rings. The zero-order chi connectivity index (χ0) is 26.0. The van der Waals surface area contributed by atoms with Gasteiger partial charge in [0.25, 0.3) is 0 Å². The van der Waals surface area contributed by atoms with Gasteiger partial charge in [0, 0.05) is 43.8 Å². The minimum atomic E-state index is -4.60. The Morgan fingerprint density at radius 1 is 1.24 bits per heavy atom. The number of halogens is 3. The number of aryl methyl sites for hydroxylation is 1. The number of ether oxygens (including phenoxy) is 2. The molecule has 12 heteroatoms. The number of carbonyl (C=O) groups is 1. The first-order valence-corrected chi connectivity index (χ1v) is 12.6. The van der Waals surface area contributed by atoms with Crippen LogP contribution in [-0.4, -0.2) is 78.9 Å². The van der Waals surface area contributed by atoms with Crippen molar-refractivity contribution in [2.24, 2.45) is 0 Å². The molecule has 4 heterocycles. The van der Waals surface area contributed by atoms with E-state index in [1.54, 1.807) is 4.90 Å². The van der Waals surface area contributed by atoms with Crippen LogP contribution >= 0.6 is 0 Å². The Labute approximate surface area is 213 Å². The van der Waals surface area contributed by atoms with Gasteiger partial charge in [-0.2, -0.15) is 18.2 Å². The van der Waals surface area contributed by atoms with Gasteiger partial charge in [-0.25, -0.2) is 4.98 Å². The second-order valence-corrected chi connectivity index (χ2v) is 9.60. The third-order valence-corrected chi connectivity index (χ3v) is 7.00. The lowest BCUT2D eigenvalue weighted by Crippen LogP contribution is -2.36. The highest BCUT2D eigenvalue weighted by Crippen LogP contribution is 2.36. The number of amides is 1. The number of fused-ring (bicyclic) bond motifs is 2. The number of morpholine rings is 1. The van der Waals surface area contributed by atoms with E-state index >= 15 is 0 Å². The molecule has 2 N–H and O–H groups in total. The molecule has 2 bridgehead atoms. The predicted molar refractivity (Wildman–Crippen MR) is 132 cm³/mol. The van der Waals surface area contributed by atoms with E-state index in [2.05, 4.69) is 31.6 Å². The first-order valence-electron chi connectivity index (χ1n) is 12.6. The Balaban J connectivity index is 1.24. The molecule has 1 aromatic carbocycles. The van der Waals surface area contributed by atoms with Crippen LogP contribution in [0.4, 0.5) is 36.3 Å². The third kappa shape index (κ3) is 5.90. The molecule has 0 spiro atoms. The van der Waals surface area contributed by atoms with Gasteiger partial charge in [0.2, 0.25) is 11.9 Å². The minimum absolute atomic E-state index is 0.00559. The number of hydrogen-bond acceptors (Lipinski definition) is 8. The van der Waals surface area contributed by atoms with Crippen LogP contribution in [0, 0.1) is 6.92 Å². The Hall–Kier alpha value is -3.12. The number of anilines is 4. The lowest BCUT2D eigenvalue weighted by molar-refractivity contribution is -0.137. The fraction of sp³-hybridized carbons (Fsp3) is 0.560.